The van der Waals surface area contributed by atoms with E-state index in [1.54, 1.807) is 0 Å². The molecule has 0 aromatic heterocycles. The Labute approximate surface area is 117 Å². The first-order valence-corrected chi connectivity index (χ1v) is 6.85. The van der Waals surface area contributed by atoms with E-state index < -0.39 is 0 Å². The molecule has 2 rings (SSSR count). The molecule has 4 nitrogen and oxygen atoms in total. The standard InChI is InChI=1S/C14H17ClN2O2/c15-11-5-2-1-4-10(11)7-8-13(18)17-12-6-3-9-16-14(12)19/h1-2,4-5,12H,3,6-9H2,(H,16,19)(H,17,18). The van der Waals surface area contributed by atoms with Crippen molar-refractivity contribution < 1.29 is 9.59 Å². The third-order valence-electron chi connectivity index (χ3n) is 3.20. The summed E-state index contributed by atoms with van der Waals surface area (Å²) in [5.74, 6) is -0.195. The van der Waals surface area contributed by atoms with Gasteiger partial charge in [0.05, 0.1) is 0 Å². The van der Waals surface area contributed by atoms with Gasteiger partial charge in [-0.1, -0.05) is 29.8 Å². The summed E-state index contributed by atoms with van der Waals surface area (Å²) >= 11 is 6.03. The Hall–Kier alpha value is -1.55. The molecular weight excluding hydrogens is 264 g/mol. The Bertz CT molecular complexity index is 476. The van der Waals surface area contributed by atoms with Crippen molar-refractivity contribution >= 4 is 23.4 Å². The highest BCUT2D eigenvalue weighted by molar-refractivity contribution is 6.31. The number of piperidine rings is 1. The Morgan fingerprint density at radius 3 is 2.95 bits per heavy atom. The van der Waals surface area contributed by atoms with E-state index in [-0.39, 0.29) is 17.9 Å². The number of benzene rings is 1. The fourth-order valence-corrected chi connectivity index (χ4v) is 2.36. The molecule has 1 saturated heterocycles. The smallest absolute Gasteiger partial charge is 0.242 e. The Kier molecular flexibility index (Phi) is 4.80. The number of aryl methyl sites for hydroxylation is 1. The predicted octanol–water partition coefficient (Wildman–Crippen LogP) is 1.67. The van der Waals surface area contributed by atoms with Crippen LogP contribution in [-0.2, 0) is 16.0 Å². The van der Waals surface area contributed by atoms with Gasteiger partial charge in [0, 0.05) is 18.0 Å². The summed E-state index contributed by atoms with van der Waals surface area (Å²) in [6.07, 6.45) is 2.54. The lowest BCUT2D eigenvalue weighted by Gasteiger charge is -2.22. The zero-order valence-corrected chi connectivity index (χ0v) is 11.4. The molecule has 1 unspecified atom stereocenters. The molecule has 0 saturated carbocycles. The van der Waals surface area contributed by atoms with Crippen LogP contribution in [0.15, 0.2) is 24.3 Å². The third kappa shape index (κ3) is 3.96. The monoisotopic (exact) mass is 280 g/mol. The average Bonchev–Trinajstić information content (AvgIpc) is 2.40. The molecule has 102 valence electrons. The maximum atomic E-state index is 11.8. The lowest BCUT2D eigenvalue weighted by Crippen LogP contribution is -2.50. The van der Waals surface area contributed by atoms with Crippen LogP contribution in [-0.4, -0.2) is 24.4 Å². The maximum absolute atomic E-state index is 11.8. The van der Waals surface area contributed by atoms with E-state index in [0.717, 1.165) is 12.0 Å². The molecule has 1 aliphatic rings. The van der Waals surface area contributed by atoms with Crippen molar-refractivity contribution in [3.8, 4) is 0 Å². The topological polar surface area (TPSA) is 58.2 Å². The Morgan fingerprint density at radius 1 is 1.42 bits per heavy atom. The molecule has 1 atom stereocenters. The summed E-state index contributed by atoms with van der Waals surface area (Å²) < 4.78 is 0. The van der Waals surface area contributed by atoms with E-state index in [2.05, 4.69) is 10.6 Å². The number of hydrogen-bond donors (Lipinski definition) is 2. The lowest BCUT2D eigenvalue weighted by molar-refractivity contribution is -0.130. The molecule has 0 bridgehead atoms. The van der Waals surface area contributed by atoms with Crippen molar-refractivity contribution in [3.05, 3.63) is 34.9 Å². The zero-order chi connectivity index (χ0) is 13.7. The zero-order valence-electron chi connectivity index (χ0n) is 10.6. The summed E-state index contributed by atoms with van der Waals surface area (Å²) in [6, 6.07) is 7.09. The van der Waals surface area contributed by atoms with Gasteiger partial charge in [-0.2, -0.15) is 0 Å². The lowest BCUT2D eigenvalue weighted by atomic mass is 10.1. The van der Waals surface area contributed by atoms with Crippen molar-refractivity contribution in [1.82, 2.24) is 10.6 Å². The molecule has 2 N–H and O–H groups in total. The second-order valence-electron chi connectivity index (χ2n) is 4.64. The van der Waals surface area contributed by atoms with Crippen LogP contribution in [0.5, 0.6) is 0 Å². The summed E-state index contributed by atoms with van der Waals surface area (Å²) in [6.45, 7) is 0.699. The SMILES string of the molecule is O=C(CCc1ccccc1Cl)NC1CCCNC1=O. The molecule has 1 aromatic carbocycles. The highest BCUT2D eigenvalue weighted by Crippen LogP contribution is 2.16. The van der Waals surface area contributed by atoms with Crippen LogP contribution in [0.1, 0.15) is 24.8 Å². The van der Waals surface area contributed by atoms with E-state index >= 15 is 0 Å². The van der Waals surface area contributed by atoms with Gasteiger partial charge in [0.2, 0.25) is 11.8 Å². The number of carbonyl (C=O) groups is 2. The van der Waals surface area contributed by atoms with Crippen LogP contribution in [0.2, 0.25) is 5.02 Å². The summed E-state index contributed by atoms with van der Waals surface area (Å²) in [7, 11) is 0. The van der Waals surface area contributed by atoms with Crippen molar-refractivity contribution in [1.29, 1.82) is 0 Å². The highest BCUT2D eigenvalue weighted by Gasteiger charge is 2.23. The minimum Gasteiger partial charge on any atom is -0.354 e. The molecule has 1 heterocycles. The van der Waals surface area contributed by atoms with Crippen molar-refractivity contribution in [2.75, 3.05) is 6.54 Å². The second kappa shape index (κ2) is 6.57. The molecule has 1 aromatic rings. The van der Waals surface area contributed by atoms with Gasteiger partial charge in [-0.25, -0.2) is 0 Å². The summed E-state index contributed by atoms with van der Waals surface area (Å²) in [5.41, 5.74) is 0.951. The molecule has 0 radical (unpaired) electrons. The molecule has 5 heteroatoms. The van der Waals surface area contributed by atoms with Gasteiger partial charge in [-0.3, -0.25) is 9.59 Å². The van der Waals surface area contributed by atoms with Crippen molar-refractivity contribution in [2.24, 2.45) is 0 Å². The summed E-state index contributed by atoms with van der Waals surface area (Å²) in [5, 5.41) is 6.18. The highest BCUT2D eigenvalue weighted by atomic mass is 35.5. The van der Waals surface area contributed by atoms with E-state index in [4.69, 9.17) is 11.6 Å². The first kappa shape index (κ1) is 13.9. The minimum atomic E-state index is -0.382. The van der Waals surface area contributed by atoms with E-state index in [1.165, 1.54) is 0 Å². The van der Waals surface area contributed by atoms with E-state index in [0.29, 0.717) is 30.8 Å². The van der Waals surface area contributed by atoms with Gasteiger partial charge in [0.25, 0.3) is 0 Å². The van der Waals surface area contributed by atoms with Gasteiger partial charge in [-0.15, -0.1) is 0 Å². The number of nitrogens with one attached hydrogen (secondary N) is 2. The van der Waals surface area contributed by atoms with Gasteiger partial charge in [0.15, 0.2) is 0 Å². The van der Waals surface area contributed by atoms with Gasteiger partial charge < -0.3 is 10.6 Å². The normalized spacial score (nSPS) is 18.8. The predicted molar refractivity (Wildman–Crippen MR) is 73.9 cm³/mol. The largest absolute Gasteiger partial charge is 0.354 e. The van der Waals surface area contributed by atoms with Gasteiger partial charge >= 0.3 is 0 Å². The van der Waals surface area contributed by atoms with Gasteiger partial charge in [-0.05, 0) is 30.9 Å². The van der Waals surface area contributed by atoms with Crippen LogP contribution in [0.3, 0.4) is 0 Å². The number of carbonyl (C=O) groups excluding carboxylic acids is 2. The minimum absolute atomic E-state index is 0.0858. The van der Waals surface area contributed by atoms with Crippen LogP contribution >= 0.6 is 11.6 Å². The molecule has 0 aliphatic carbocycles. The number of rotatable bonds is 4. The van der Waals surface area contributed by atoms with Crippen molar-refractivity contribution in [3.63, 3.8) is 0 Å². The van der Waals surface area contributed by atoms with Crippen LogP contribution < -0.4 is 10.6 Å². The molecule has 0 spiro atoms. The van der Waals surface area contributed by atoms with Crippen LogP contribution in [0, 0.1) is 0 Å². The maximum Gasteiger partial charge on any atom is 0.242 e. The number of halogens is 1. The molecule has 1 fully saturated rings. The molecule has 19 heavy (non-hydrogen) atoms. The van der Waals surface area contributed by atoms with Gasteiger partial charge in [0.1, 0.15) is 6.04 Å². The van der Waals surface area contributed by atoms with E-state index in [1.807, 2.05) is 24.3 Å². The molecule has 1 aliphatic heterocycles. The van der Waals surface area contributed by atoms with Crippen molar-refractivity contribution in [2.45, 2.75) is 31.7 Å². The third-order valence-corrected chi connectivity index (χ3v) is 3.57. The first-order valence-electron chi connectivity index (χ1n) is 6.47. The fraction of sp³-hybridized carbons (Fsp3) is 0.429. The summed E-state index contributed by atoms with van der Waals surface area (Å²) in [4.78, 5) is 23.3. The first-order chi connectivity index (χ1) is 9.16. The van der Waals surface area contributed by atoms with Crippen LogP contribution in [0.4, 0.5) is 0 Å². The Morgan fingerprint density at radius 2 is 2.21 bits per heavy atom. The molecular formula is C14H17ClN2O2. The number of amides is 2. The molecule has 2 amide bonds. The van der Waals surface area contributed by atoms with E-state index in [9.17, 15) is 9.59 Å². The number of hydrogen-bond acceptors (Lipinski definition) is 2. The second-order valence-corrected chi connectivity index (χ2v) is 5.05. The quantitative estimate of drug-likeness (QED) is 0.881. The average molecular weight is 281 g/mol. The fourth-order valence-electron chi connectivity index (χ4n) is 2.13. The van der Waals surface area contributed by atoms with Crippen LogP contribution in [0.25, 0.3) is 0 Å². The Balaban J connectivity index is 1.81.